The van der Waals surface area contributed by atoms with E-state index in [1.807, 2.05) is 36.4 Å². The normalized spacial score (nSPS) is 11.2. The van der Waals surface area contributed by atoms with Crippen LogP contribution in [0.3, 0.4) is 0 Å². The van der Waals surface area contributed by atoms with E-state index >= 15 is 0 Å². The van der Waals surface area contributed by atoms with Crippen molar-refractivity contribution in [1.82, 2.24) is 0 Å². The Morgan fingerprint density at radius 2 is 1.44 bits per heavy atom. The minimum Gasteiger partial charge on any atom is -0.491 e. The minimum absolute atomic E-state index is 0.0813. The second-order valence-corrected chi connectivity index (χ2v) is 7.86. The Labute approximate surface area is 207 Å². The molecule has 0 spiro atoms. The molecular formula is C25H26BrNO7. The van der Waals surface area contributed by atoms with Gasteiger partial charge in [-0.1, -0.05) is 46.8 Å². The zero-order valence-corrected chi connectivity index (χ0v) is 20.2. The van der Waals surface area contributed by atoms with E-state index in [-0.39, 0.29) is 19.8 Å². The molecule has 0 bridgehead atoms. The third-order valence-electron chi connectivity index (χ3n) is 4.34. The van der Waals surface area contributed by atoms with Crippen molar-refractivity contribution in [2.45, 2.75) is 4.83 Å². The van der Waals surface area contributed by atoms with E-state index in [0.717, 1.165) is 23.0 Å². The Morgan fingerprint density at radius 3 is 2.03 bits per heavy atom. The molecule has 2 aromatic carbocycles. The lowest BCUT2D eigenvalue weighted by Crippen LogP contribution is -2.25. The minimum atomic E-state index is -0.744. The van der Waals surface area contributed by atoms with E-state index in [9.17, 15) is 9.59 Å². The summed E-state index contributed by atoms with van der Waals surface area (Å²) >= 11 is 3.09. The molecule has 9 heteroatoms. The predicted molar refractivity (Wildman–Crippen MR) is 129 cm³/mol. The maximum absolute atomic E-state index is 11.7. The first-order valence-electron chi connectivity index (χ1n) is 10.5. The van der Waals surface area contributed by atoms with Crippen molar-refractivity contribution in [3.63, 3.8) is 0 Å². The van der Waals surface area contributed by atoms with Gasteiger partial charge in [-0.3, -0.25) is 4.79 Å². The number of hydrogen-bond acceptors (Lipinski definition) is 8. The van der Waals surface area contributed by atoms with Crippen LogP contribution < -0.4 is 4.74 Å². The molecule has 0 saturated heterocycles. The lowest BCUT2D eigenvalue weighted by Gasteiger charge is -2.11. The van der Waals surface area contributed by atoms with Gasteiger partial charge < -0.3 is 23.7 Å². The molecule has 0 N–H and O–H groups in total. The maximum Gasteiger partial charge on any atom is 0.330 e. The third kappa shape index (κ3) is 10.2. The highest BCUT2D eigenvalue weighted by Crippen LogP contribution is 2.22. The quantitative estimate of drug-likeness (QED) is 0.148. The molecule has 0 radical (unpaired) electrons. The number of esters is 2. The molecule has 0 aliphatic carbocycles. The molecule has 1 unspecified atom stereocenters. The van der Waals surface area contributed by atoms with E-state index in [4.69, 9.17) is 28.9 Å². The fraction of sp³-hybridized carbons (Fsp3) is 0.320. The molecule has 0 aromatic heterocycles. The topological polar surface area (TPSA) is 104 Å². The van der Waals surface area contributed by atoms with Gasteiger partial charge in [0.15, 0.2) is 0 Å². The SMILES string of the molecule is C=CC(=O)OCC(Br)C(=O)OCCOCCOCCOc1ccc(-c2ccc(C#N)cc2)cc1. The highest BCUT2D eigenvalue weighted by Gasteiger charge is 2.18. The summed E-state index contributed by atoms with van der Waals surface area (Å²) in [5.74, 6) is -0.411. The Bertz CT molecular complexity index is 955. The summed E-state index contributed by atoms with van der Waals surface area (Å²) in [6, 6.07) is 17.2. The maximum atomic E-state index is 11.7. The van der Waals surface area contributed by atoms with Crippen molar-refractivity contribution in [1.29, 1.82) is 5.26 Å². The Morgan fingerprint density at radius 1 is 0.882 bits per heavy atom. The van der Waals surface area contributed by atoms with Gasteiger partial charge in [0, 0.05) is 6.08 Å². The number of nitrogens with zero attached hydrogens (tertiary/aromatic N) is 1. The summed E-state index contributed by atoms with van der Waals surface area (Å²) < 4.78 is 26.2. The summed E-state index contributed by atoms with van der Waals surface area (Å²) in [5, 5.41) is 8.87. The van der Waals surface area contributed by atoms with Crippen molar-refractivity contribution in [2.24, 2.45) is 0 Å². The van der Waals surface area contributed by atoms with Crippen molar-refractivity contribution < 1.29 is 33.3 Å². The molecule has 180 valence electrons. The lowest BCUT2D eigenvalue weighted by atomic mass is 10.0. The number of carbonyl (C=O) groups is 2. The van der Waals surface area contributed by atoms with Crippen LogP contribution in [0.4, 0.5) is 0 Å². The molecule has 0 aliphatic rings. The van der Waals surface area contributed by atoms with Gasteiger partial charge >= 0.3 is 11.9 Å². The first kappa shape index (κ1) is 27.1. The molecule has 0 saturated carbocycles. The van der Waals surface area contributed by atoms with Crippen molar-refractivity contribution in [3.05, 3.63) is 66.7 Å². The van der Waals surface area contributed by atoms with Crippen LogP contribution in [0.2, 0.25) is 0 Å². The van der Waals surface area contributed by atoms with Gasteiger partial charge in [-0.15, -0.1) is 0 Å². The van der Waals surface area contributed by atoms with E-state index in [2.05, 4.69) is 28.6 Å². The van der Waals surface area contributed by atoms with Crippen LogP contribution in [0, 0.1) is 11.3 Å². The highest BCUT2D eigenvalue weighted by atomic mass is 79.9. The van der Waals surface area contributed by atoms with Gasteiger partial charge in [-0.05, 0) is 35.4 Å². The monoisotopic (exact) mass is 531 g/mol. The van der Waals surface area contributed by atoms with Gasteiger partial charge in [0.05, 0.1) is 38.1 Å². The first-order valence-corrected chi connectivity index (χ1v) is 11.4. The Kier molecular flexibility index (Phi) is 12.4. The molecular weight excluding hydrogens is 506 g/mol. The number of benzene rings is 2. The lowest BCUT2D eigenvalue weighted by molar-refractivity contribution is -0.147. The van der Waals surface area contributed by atoms with Crippen LogP contribution in [0.15, 0.2) is 61.2 Å². The van der Waals surface area contributed by atoms with Gasteiger partial charge in [0.2, 0.25) is 0 Å². The molecule has 0 heterocycles. The molecule has 8 nitrogen and oxygen atoms in total. The van der Waals surface area contributed by atoms with Gasteiger partial charge in [-0.2, -0.15) is 5.26 Å². The van der Waals surface area contributed by atoms with E-state index in [1.165, 1.54) is 0 Å². The van der Waals surface area contributed by atoms with Crippen LogP contribution in [-0.2, 0) is 28.5 Å². The molecule has 2 rings (SSSR count). The number of alkyl halides is 1. The highest BCUT2D eigenvalue weighted by molar-refractivity contribution is 9.10. The number of nitriles is 1. The van der Waals surface area contributed by atoms with Crippen LogP contribution in [0.1, 0.15) is 5.56 Å². The second-order valence-electron chi connectivity index (χ2n) is 6.76. The van der Waals surface area contributed by atoms with Crippen LogP contribution >= 0.6 is 15.9 Å². The van der Waals surface area contributed by atoms with Crippen LogP contribution in [0.25, 0.3) is 11.1 Å². The number of ether oxygens (including phenoxy) is 5. The molecule has 0 aliphatic heterocycles. The standard InChI is InChI=1S/C25H26BrNO7/c1-2-24(28)34-18-23(26)25(29)33-16-14-31-12-11-30-13-15-32-22-9-7-21(8-10-22)20-5-3-19(17-27)4-6-20/h2-10,23H,1,11-16,18H2. The smallest absolute Gasteiger partial charge is 0.330 e. The predicted octanol–water partition coefficient (Wildman–Crippen LogP) is 3.67. The van der Waals surface area contributed by atoms with Gasteiger partial charge in [0.25, 0.3) is 0 Å². The number of rotatable bonds is 15. The van der Waals surface area contributed by atoms with Crippen molar-refractivity contribution in [2.75, 3.05) is 46.2 Å². The summed E-state index contributed by atoms with van der Waals surface area (Å²) in [6.07, 6.45) is 1.02. The molecule has 0 amide bonds. The summed E-state index contributed by atoms with van der Waals surface area (Å²) in [6.45, 7) is 4.98. The fourth-order valence-corrected chi connectivity index (χ4v) is 2.86. The average molecular weight is 532 g/mol. The summed E-state index contributed by atoms with van der Waals surface area (Å²) in [7, 11) is 0. The number of carbonyl (C=O) groups excluding carboxylic acids is 2. The fourth-order valence-electron chi connectivity index (χ4n) is 2.60. The van der Waals surface area contributed by atoms with Gasteiger partial charge in [-0.25, -0.2) is 4.79 Å². The zero-order valence-electron chi connectivity index (χ0n) is 18.6. The molecule has 0 fully saturated rings. The third-order valence-corrected chi connectivity index (χ3v) is 4.97. The molecule has 2 aromatic rings. The van der Waals surface area contributed by atoms with E-state index < -0.39 is 16.8 Å². The van der Waals surface area contributed by atoms with Gasteiger partial charge in [0.1, 0.15) is 30.4 Å². The van der Waals surface area contributed by atoms with Crippen LogP contribution in [0.5, 0.6) is 5.75 Å². The molecule has 34 heavy (non-hydrogen) atoms. The Balaban J connectivity index is 1.49. The second kappa shape index (κ2) is 15.6. The summed E-state index contributed by atoms with van der Waals surface area (Å²) in [5.41, 5.74) is 2.70. The number of hydrogen-bond donors (Lipinski definition) is 0. The Hall–Kier alpha value is -3.19. The van der Waals surface area contributed by atoms with Crippen LogP contribution in [-0.4, -0.2) is 63.0 Å². The number of halogens is 1. The zero-order chi connectivity index (χ0) is 24.6. The molecule has 1 atom stereocenters. The van der Waals surface area contributed by atoms with Crippen molar-refractivity contribution in [3.8, 4) is 22.9 Å². The van der Waals surface area contributed by atoms with E-state index in [1.54, 1.807) is 12.1 Å². The van der Waals surface area contributed by atoms with E-state index in [0.29, 0.717) is 32.0 Å². The van der Waals surface area contributed by atoms with Crippen molar-refractivity contribution >= 4 is 27.9 Å². The largest absolute Gasteiger partial charge is 0.491 e. The summed E-state index contributed by atoms with van der Waals surface area (Å²) in [4.78, 5) is 21.9. The first-order chi connectivity index (χ1) is 16.5. The average Bonchev–Trinajstić information content (AvgIpc) is 2.88.